The molecule has 1 atom stereocenters. The van der Waals surface area contributed by atoms with Gasteiger partial charge in [0, 0.05) is 12.3 Å². The molecule has 0 radical (unpaired) electrons. The normalized spacial score (nSPS) is 13.1. The van der Waals surface area contributed by atoms with Gasteiger partial charge in [-0.3, -0.25) is 0 Å². The molecule has 2 rings (SSSR count). The van der Waals surface area contributed by atoms with E-state index in [0.29, 0.717) is 11.8 Å². The highest BCUT2D eigenvalue weighted by Gasteiger charge is 2.18. The van der Waals surface area contributed by atoms with Gasteiger partial charge in [0.1, 0.15) is 12.3 Å². The molecule has 0 spiro atoms. The van der Waals surface area contributed by atoms with E-state index in [0.717, 1.165) is 31.0 Å². The second kappa shape index (κ2) is 6.45. The molecule has 18 heavy (non-hydrogen) atoms. The Kier molecular flexibility index (Phi) is 4.65. The van der Waals surface area contributed by atoms with E-state index in [1.165, 1.54) is 0 Å². The van der Waals surface area contributed by atoms with Crippen molar-refractivity contribution in [3.05, 3.63) is 48.3 Å². The summed E-state index contributed by atoms with van der Waals surface area (Å²) in [6.45, 7) is 6.50. The van der Waals surface area contributed by atoms with Crippen LogP contribution in [0.5, 0.6) is 0 Å². The first-order valence-electron chi connectivity index (χ1n) is 6.65. The van der Waals surface area contributed by atoms with Crippen molar-refractivity contribution < 1.29 is 14.2 Å². The van der Waals surface area contributed by atoms with Gasteiger partial charge in [-0.2, -0.15) is 0 Å². The van der Waals surface area contributed by atoms with Crippen LogP contribution in [0.1, 0.15) is 37.7 Å². The second-order valence-corrected chi connectivity index (χ2v) is 5.02. The van der Waals surface area contributed by atoms with Crippen molar-refractivity contribution in [1.82, 2.24) is 0 Å². The molecule has 0 aliphatic carbocycles. The quantitative estimate of drug-likeness (QED) is 0.766. The third-order valence-corrected chi connectivity index (χ3v) is 3.32. The lowest BCUT2D eigenvalue weighted by Gasteiger charge is -2.17. The lowest BCUT2D eigenvalue weighted by molar-refractivity contribution is -0.673. The minimum atomic E-state index is 0.507. The van der Waals surface area contributed by atoms with Crippen molar-refractivity contribution in [3.63, 3.8) is 0 Å². The fraction of sp³-hybridized carbons (Fsp3) is 0.467. The lowest BCUT2D eigenvalue weighted by Crippen LogP contribution is -2.82. The third kappa shape index (κ3) is 3.50. The average molecular weight is 248 g/mol. The van der Waals surface area contributed by atoms with Crippen LogP contribution >= 0.6 is 0 Å². The highest BCUT2D eigenvalue weighted by molar-refractivity contribution is 5.06. The summed E-state index contributed by atoms with van der Waals surface area (Å²) in [6.07, 6.45) is 4.62. The molecule has 98 valence electrons. The van der Waals surface area contributed by atoms with E-state index in [1.54, 1.807) is 12.5 Å². The first kappa shape index (κ1) is 13.0. The van der Waals surface area contributed by atoms with Crippen LogP contribution in [0, 0.1) is 5.92 Å². The van der Waals surface area contributed by atoms with Gasteiger partial charge in [-0.15, -0.1) is 0 Å². The van der Waals surface area contributed by atoms with Crippen LogP contribution in [-0.2, 0) is 6.54 Å². The van der Waals surface area contributed by atoms with Crippen LogP contribution in [0.2, 0.25) is 0 Å². The summed E-state index contributed by atoms with van der Waals surface area (Å²) < 4.78 is 10.8. The fourth-order valence-corrected chi connectivity index (χ4v) is 2.28. The number of hydrogen-bond donors (Lipinski definition) is 1. The Bertz CT molecular complexity index is 417. The standard InChI is InChI=1S/C15H21NO2/c1-12(2)14(15-6-4-10-18-15)7-8-16-11-13-5-3-9-17-13/h3-6,9-10,12,14,16H,7-8,11H2,1-2H3/p+1/t14-/m1/s1. The molecule has 2 heterocycles. The Morgan fingerprint density at radius 1 is 1.11 bits per heavy atom. The predicted molar refractivity (Wildman–Crippen MR) is 70.1 cm³/mol. The Morgan fingerprint density at radius 3 is 2.50 bits per heavy atom. The highest BCUT2D eigenvalue weighted by atomic mass is 16.3. The zero-order chi connectivity index (χ0) is 12.8. The number of furan rings is 2. The zero-order valence-corrected chi connectivity index (χ0v) is 11.1. The molecule has 2 N–H and O–H groups in total. The van der Waals surface area contributed by atoms with E-state index < -0.39 is 0 Å². The van der Waals surface area contributed by atoms with E-state index in [-0.39, 0.29) is 0 Å². The molecule has 0 saturated carbocycles. The second-order valence-electron chi connectivity index (χ2n) is 5.02. The van der Waals surface area contributed by atoms with E-state index in [2.05, 4.69) is 25.2 Å². The van der Waals surface area contributed by atoms with Crippen LogP contribution in [0.25, 0.3) is 0 Å². The Balaban J connectivity index is 1.76. The SMILES string of the molecule is CC(C)[C@@H](CC[NH2+]Cc1ccco1)c1ccco1. The Labute approximate surface area is 108 Å². The van der Waals surface area contributed by atoms with Gasteiger partial charge in [0.15, 0.2) is 5.76 Å². The van der Waals surface area contributed by atoms with E-state index >= 15 is 0 Å². The van der Waals surface area contributed by atoms with Crippen molar-refractivity contribution in [2.75, 3.05) is 6.54 Å². The highest BCUT2D eigenvalue weighted by Crippen LogP contribution is 2.27. The van der Waals surface area contributed by atoms with E-state index in [1.807, 2.05) is 18.2 Å². The maximum absolute atomic E-state index is 5.53. The first-order chi connectivity index (χ1) is 8.77. The summed E-state index contributed by atoms with van der Waals surface area (Å²) in [5, 5.41) is 2.29. The predicted octanol–water partition coefficient (Wildman–Crippen LogP) is 2.77. The Hall–Kier alpha value is -1.48. The van der Waals surface area contributed by atoms with Gasteiger partial charge in [0.05, 0.1) is 19.1 Å². The summed E-state index contributed by atoms with van der Waals surface area (Å²) >= 11 is 0. The third-order valence-electron chi connectivity index (χ3n) is 3.32. The molecule has 3 nitrogen and oxygen atoms in total. The topological polar surface area (TPSA) is 42.9 Å². The minimum Gasteiger partial charge on any atom is -0.469 e. The fourth-order valence-electron chi connectivity index (χ4n) is 2.28. The van der Waals surface area contributed by atoms with Crippen molar-refractivity contribution >= 4 is 0 Å². The van der Waals surface area contributed by atoms with Gasteiger partial charge in [-0.25, -0.2) is 0 Å². The van der Waals surface area contributed by atoms with Crippen LogP contribution in [0.4, 0.5) is 0 Å². The summed E-state index contributed by atoms with van der Waals surface area (Å²) in [7, 11) is 0. The van der Waals surface area contributed by atoms with Gasteiger partial charge >= 0.3 is 0 Å². The average Bonchev–Trinajstić information content (AvgIpc) is 3.00. The summed E-state index contributed by atoms with van der Waals surface area (Å²) in [5.41, 5.74) is 0. The molecule has 0 bridgehead atoms. The number of nitrogens with two attached hydrogens (primary N) is 1. The van der Waals surface area contributed by atoms with Gasteiger partial charge in [0.25, 0.3) is 0 Å². The van der Waals surface area contributed by atoms with Crippen LogP contribution in [0.15, 0.2) is 45.6 Å². The minimum absolute atomic E-state index is 0.507. The molecule has 0 aliphatic rings. The van der Waals surface area contributed by atoms with Crippen LogP contribution in [-0.4, -0.2) is 6.54 Å². The van der Waals surface area contributed by atoms with E-state index in [9.17, 15) is 0 Å². The molecule has 0 aliphatic heterocycles. The van der Waals surface area contributed by atoms with Crippen molar-refractivity contribution in [2.24, 2.45) is 5.92 Å². The Morgan fingerprint density at radius 2 is 1.89 bits per heavy atom. The molecular formula is C15H22NO2+. The molecule has 0 aromatic carbocycles. The molecule has 0 amide bonds. The molecular weight excluding hydrogens is 226 g/mol. The summed E-state index contributed by atoms with van der Waals surface area (Å²) in [6, 6.07) is 8.00. The molecule has 0 unspecified atom stereocenters. The molecule has 0 saturated heterocycles. The maximum Gasteiger partial charge on any atom is 0.157 e. The van der Waals surface area contributed by atoms with Crippen LogP contribution in [0.3, 0.4) is 0 Å². The van der Waals surface area contributed by atoms with Crippen molar-refractivity contribution in [2.45, 2.75) is 32.7 Å². The van der Waals surface area contributed by atoms with Crippen molar-refractivity contribution in [1.29, 1.82) is 0 Å². The molecule has 3 heteroatoms. The number of quaternary nitrogens is 1. The maximum atomic E-state index is 5.53. The lowest BCUT2D eigenvalue weighted by atomic mass is 9.90. The number of rotatable bonds is 7. The van der Waals surface area contributed by atoms with Gasteiger partial charge in [-0.05, 0) is 30.2 Å². The molecule has 2 aromatic rings. The van der Waals surface area contributed by atoms with E-state index in [4.69, 9.17) is 8.83 Å². The van der Waals surface area contributed by atoms with Gasteiger partial charge in [-0.1, -0.05) is 13.8 Å². The zero-order valence-electron chi connectivity index (χ0n) is 11.1. The van der Waals surface area contributed by atoms with Crippen molar-refractivity contribution in [3.8, 4) is 0 Å². The molecule has 2 aromatic heterocycles. The number of hydrogen-bond acceptors (Lipinski definition) is 2. The largest absolute Gasteiger partial charge is 0.469 e. The monoisotopic (exact) mass is 248 g/mol. The van der Waals surface area contributed by atoms with Gasteiger partial charge < -0.3 is 14.2 Å². The van der Waals surface area contributed by atoms with Crippen LogP contribution < -0.4 is 5.32 Å². The first-order valence-corrected chi connectivity index (χ1v) is 6.65. The smallest absolute Gasteiger partial charge is 0.157 e. The molecule has 0 fully saturated rings. The summed E-state index contributed by atoms with van der Waals surface area (Å²) in [4.78, 5) is 0. The van der Waals surface area contributed by atoms with Gasteiger partial charge in [0.2, 0.25) is 0 Å². The summed E-state index contributed by atoms with van der Waals surface area (Å²) in [5.74, 6) is 3.26.